The lowest BCUT2D eigenvalue weighted by atomic mass is 10.2. The van der Waals surface area contributed by atoms with E-state index >= 15 is 0 Å². The van der Waals surface area contributed by atoms with Crippen molar-refractivity contribution in [1.82, 2.24) is 9.97 Å². The van der Waals surface area contributed by atoms with Crippen LogP contribution in [-0.2, 0) is 11.2 Å². The molecule has 0 aliphatic carbocycles. The first-order valence-electron chi connectivity index (χ1n) is 4.58. The summed E-state index contributed by atoms with van der Waals surface area (Å²) in [6.45, 7) is 0. The Balaban J connectivity index is 2.26. The molecule has 0 aromatic carbocycles. The molecule has 0 aliphatic rings. The molecule has 5 nitrogen and oxygen atoms in total. The van der Waals surface area contributed by atoms with Gasteiger partial charge >= 0.3 is 5.97 Å². The monoisotopic (exact) mass is 205 g/mol. The zero-order valence-electron chi connectivity index (χ0n) is 7.97. The number of aliphatic carboxylic acids is 1. The third kappa shape index (κ3) is 1.97. The Kier molecular flexibility index (Phi) is 2.39. The number of nitrogens with one attached hydrogen (secondary N) is 1. The van der Waals surface area contributed by atoms with Gasteiger partial charge in [0.2, 0.25) is 0 Å². The van der Waals surface area contributed by atoms with Crippen LogP contribution >= 0.6 is 0 Å². The molecule has 2 aromatic heterocycles. The van der Waals surface area contributed by atoms with E-state index in [1.807, 2.05) is 18.2 Å². The topological polar surface area (TPSA) is 92.0 Å². The molecule has 0 aliphatic heterocycles. The highest BCUT2D eigenvalue weighted by Gasteiger charge is 2.13. The fourth-order valence-electron chi connectivity index (χ4n) is 1.45. The standard InChI is InChI=1S/C10H11N3O2/c11-8(10(14)15)5-7-4-6-2-1-3-12-9(6)13-7/h1-4,8H,5,11H2,(H,12,13)(H,14,15). The van der Waals surface area contributed by atoms with Crippen molar-refractivity contribution < 1.29 is 9.90 Å². The minimum atomic E-state index is -0.999. The molecule has 5 heteroatoms. The van der Waals surface area contributed by atoms with Crippen molar-refractivity contribution >= 4 is 17.0 Å². The number of aromatic nitrogens is 2. The quantitative estimate of drug-likeness (QED) is 0.681. The lowest BCUT2D eigenvalue weighted by molar-refractivity contribution is -0.138. The number of aromatic amines is 1. The predicted molar refractivity (Wildman–Crippen MR) is 55.4 cm³/mol. The molecule has 15 heavy (non-hydrogen) atoms. The van der Waals surface area contributed by atoms with E-state index in [2.05, 4.69) is 9.97 Å². The van der Waals surface area contributed by atoms with Crippen LogP contribution in [0.4, 0.5) is 0 Å². The van der Waals surface area contributed by atoms with Crippen LogP contribution in [0.2, 0.25) is 0 Å². The lowest BCUT2D eigenvalue weighted by Gasteiger charge is -2.02. The normalized spacial score (nSPS) is 12.9. The molecular formula is C10H11N3O2. The zero-order chi connectivity index (χ0) is 10.8. The number of rotatable bonds is 3. The third-order valence-corrected chi connectivity index (χ3v) is 2.20. The van der Waals surface area contributed by atoms with Crippen molar-refractivity contribution in [2.45, 2.75) is 12.5 Å². The van der Waals surface area contributed by atoms with E-state index in [1.165, 1.54) is 0 Å². The number of nitrogens with zero attached hydrogens (tertiary/aromatic N) is 1. The molecule has 0 spiro atoms. The number of fused-ring (bicyclic) bond motifs is 1. The van der Waals surface area contributed by atoms with Crippen LogP contribution in [0.1, 0.15) is 5.69 Å². The molecule has 0 fully saturated rings. The Labute approximate surface area is 85.9 Å². The molecule has 0 bridgehead atoms. The van der Waals surface area contributed by atoms with E-state index in [0.29, 0.717) is 0 Å². The molecule has 2 aromatic rings. The SMILES string of the molecule is NC(Cc1cc2cccnc2[nH]1)C(=O)O. The van der Waals surface area contributed by atoms with E-state index in [1.54, 1.807) is 6.20 Å². The summed E-state index contributed by atoms with van der Waals surface area (Å²) in [4.78, 5) is 17.7. The highest BCUT2D eigenvalue weighted by molar-refractivity contribution is 5.77. The summed E-state index contributed by atoms with van der Waals surface area (Å²) >= 11 is 0. The summed E-state index contributed by atoms with van der Waals surface area (Å²) in [5.74, 6) is -0.999. The fourth-order valence-corrected chi connectivity index (χ4v) is 1.45. The highest BCUT2D eigenvalue weighted by atomic mass is 16.4. The number of hydrogen-bond acceptors (Lipinski definition) is 3. The molecule has 0 radical (unpaired) electrons. The lowest BCUT2D eigenvalue weighted by Crippen LogP contribution is -2.32. The summed E-state index contributed by atoms with van der Waals surface area (Å²) in [5, 5.41) is 9.63. The second kappa shape index (κ2) is 3.70. The Hall–Kier alpha value is -1.88. The summed E-state index contributed by atoms with van der Waals surface area (Å²) < 4.78 is 0. The molecule has 2 heterocycles. The molecular weight excluding hydrogens is 194 g/mol. The third-order valence-electron chi connectivity index (χ3n) is 2.20. The maximum atomic E-state index is 10.6. The van der Waals surface area contributed by atoms with Crippen LogP contribution in [0, 0.1) is 0 Å². The van der Waals surface area contributed by atoms with Gasteiger partial charge in [0.05, 0.1) is 0 Å². The van der Waals surface area contributed by atoms with E-state index in [0.717, 1.165) is 16.7 Å². The summed E-state index contributed by atoms with van der Waals surface area (Å²) in [6, 6.07) is 4.73. The minimum Gasteiger partial charge on any atom is -0.480 e. The number of H-pyrrole nitrogens is 1. The average Bonchev–Trinajstić information content (AvgIpc) is 2.59. The van der Waals surface area contributed by atoms with Gasteiger partial charge in [0.1, 0.15) is 11.7 Å². The molecule has 0 saturated carbocycles. The predicted octanol–water partition coefficient (Wildman–Crippen LogP) is 0.517. The summed E-state index contributed by atoms with van der Waals surface area (Å²) in [5.41, 5.74) is 6.98. The second-order valence-electron chi connectivity index (χ2n) is 3.38. The van der Waals surface area contributed by atoms with Crippen LogP contribution < -0.4 is 5.73 Å². The van der Waals surface area contributed by atoms with Crippen molar-refractivity contribution in [2.75, 3.05) is 0 Å². The molecule has 4 N–H and O–H groups in total. The van der Waals surface area contributed by atoms with Gasteiger partial charge in [-0.1, -0.05) is 0 Å². The molecule has 0 amide bonds. The molecule has 0 saturated heterocycles. The molecule has 1 atom stereocenters. The van der Waals surface area contributed by atoms with Crippen LogP contribution in [0.15, 0.2) is 24.4 Å². The Morgan fingerprint density at radius 2 is 2.47 bits per heavy atom. The average molecular weight is 205 g/mol. The number of carbonyl (C=O) groups is 1. The minimum absolute atomic E-state index is 0.283. The van der Waals surface area contributed by atoms with Gasteiger partial charge in [0.25, 0.3) is 0 Å². The maximum Gasteiger partial charge on any atom is 0.320 e. The van der Waals surface area contributed by atoms with Gasteiger partial charge < -0.3 is 15.8 Å². The number of carboxylic acids is 1. The van der Waals surface area contributed by atoms with Crippen LogP contribution in [0.5, 0.6) is 0 Å². The van der Waals surface area contributed by atoms with Gasteiger partial charge in [-0.25, -0.2) is 4.98 Å². The van der Waals surface area contributed by atoms with Crippen molar-refractivity contribution in [2.24, 2.45) is 5.73 Å². The number of hydrogen-bond donors (Lipinski definition) is 3. The fraction of sp³-hybridized carbons (Fsp3) is 0.200. The van der Waals surface area contributed by atoms with E-state index in [-0.39, 0.29) is 6.42 Å². The van der Waals surface area contributed by atoms with Gasteiger partial charge in [-0.05, 0) is 18.2 Å². The molecule has 1 unspecified atom stereocenters. The van der Waals surface area contributed by atoms with E-state index in [9.17, 15) is 4.79 Å². The number of nitrogens with two attached hydrogens (primary N) is 1. The Bertz CT molecular complexity index is 459. The highest BCUT2D eigenvalue weighted by Crippen LogP contribution is 2.13. The Morgan fingerprint density at radius 1 is 1.67 bits per heavy atom. The van der Waals surface area contributed by atoms with Crippen molar-refractivity contribution in [3.8, 4) is 0 Å². The van der Waals surface area contributed by atoms with Gasteiger partial charge in [0, 0.05) is 23.7 Å². The summed E-state index contributed by atoms with van der Waals surface area (Å²) in [7, 11) is 0. The molecule has 2 rings (SSSR count). The van der Waals surface area contributed by atoms with Crippen LogP contribution in [0.25, 0.3) is 11.0 Å². The van der Waals surface area contributed by atoms with Crippen LogP contribution in [-0.4, -0.2) is 27.1 Å². The van der Waals surface area contributed by atoms with E-state index < -0.39 is 12.0 Å². The largest absolute Gasteiger partial charge is 0.480 e. The van der Waals surface area contributed by atoms with Gasteiger partial charge in [-0.2, -0.15) is 0 Å². The van der Waals surface area contributed by atoms with Gasteiger partial charge in [-0.3, -0.25) is 4.79 Å². The molecule has 78 valence electrons. The van der Waals surface area contributed by atoms with Crippen LogP contribution in [0.3, 0.4) is 0 Å². The van der Waals surface area contributed by atoms with Gasteiger partial charge in [0.15, 0.2) is 0 Å². The van der Waals surface area contributed by atoms with Gasteiger partial charge in [-0.15, -0.1) is 0 Å². The first kappa shape index (κ1) is 9.67. The zero-order valence-corrected chi connectivity index (χ0v) is 7.97. The number of carboxylic acid groups (broad SMARTS) is 1. The maximum absolute atomic E-state index is 10.6. The first-order valence-corrected chi connectivity index (χ1v) is 4.58. The van der Waals surface area contributed by atoms with Crippen molar-refractivity contribution in [3.05, 3.63) is 30.1 Å². The van der Waals surface area contributed by atoms with Crippen molar-refractivity contribution in [1.29, 1.82) is 0 Å². The first-order chi connectivity index (χ1) is 7.16. The smallest absolute Gasteiger partial charge is 0.320 e. The number of pyridine rings is 1. The summed E-state index contributed by atoms with van der Waals surface area (Å²) in [6.07, 6.45) is 1.96. The van der Waals surface area contributed by atoms with E-state index in [4.69, 9.17) is 10.8 Å². The second-order valence-corrected chi connectivity index (χ2v) is 3.38. The Morgan fingerprint density at radius 3 is 3.13 bits per heavy atom. The van der Waals surface area contributed by atoms with Crippen molar-refractivity contribution in [3.63, 3.8) is 0 Å².